The van der Waals surface area contributed by atoms with Gasteiger partial charge in [-0.05, 0) is 5.56 Å². The Balaban J connectivity index is 1.77. The first-order chi connectivity index (χ1) is 9.24. The van der Waals surface area contributed by atoms with Crippen molar-refractivity contribution in [1.29, 1.82) is 0 Å². The third kappa shape index (κ3) is 4.55. The first-order valence-corrected chi connectivity index (χ1v) is 6.58. The molecule has 0 fully saturated rings. The van der Waals surface area contributed by atoms with Gasteiger partial charge in [0.05, 0.1) is 11.9 Å². The average molecular weight is 276 g/mol. The lowest BCUT2D eigenvalue weighted by Crippen LogP contribution is -2.24. The molecule has 98 valence electrons. The number of thioether (sulfide) groups is 1. The van der Waals surface area contributed by atoms with E-state index in [0.29, 0.717) is 11.6 Å². The molecule has 0 atom stereocenters. The van der Waals surface area contributed by atoms with E-state index in [4.69, 9.17) is 0 Å². The van der Waals surface area contributed by atoms with Crippen LogP contribution >= 0.6 is 11.8 Å². The Morgan fingerprint density at radius 2 is 2.11 bits per heavy atom. The Kier molecular flexibility index (Phi) is 4.68. The van der Waals surface area contributed by atoms with Crippen LogP contribution in [-0.4, -0.2) is 26.8 Å². The molecule has 6 nitrogen and oxygen atoms in total. The van der Waals surface area contributed by atoms with Crippen LogP contribution in [0.1, 0.15) is 5.56 Å². The number of benzene rings is 1. The van der Waals surface area contributed by atoms with Crippen LogP contribution in [0.5, 0.6) is 0 Å². The van der Waals surface area contributed by atoms with Crippen molar-refractivity contribution in [1.82, 2.24) is 20.5 Å². The number of hydrogen-bond donors (Lipinski definition) is 2. The maximum atomic E-state index is 11.6. The number of carbonyl (C=O) groups excluding carboxylic acids is 1. The largest absolute Gasteiger partial charge is 0.362 e. The SMILES string of the molecule is O=C(CSc1cn[nH]c(=O)n1)NCc1ccccc1. The van der Waals surface area contributed by atoms with Crippen LogP contribution in [-0.2, 0) is 11.3 Å². The second kappa shape index (κ2) is 6.69. The van der Waals surface area contributed by atoms with E-state index in [0.717, 1.165) is 5.56 Å². The fraction of sp³-hybridized carbons (Fsp3) is 0.167. The second-order valence-electron chi connectivity index (χ2n) is 3.68. The van der Waals surface area contributed by atoms with Gasteiger partial charge >= 0.3 is 5.69 Å². The third-order valence-electron chi connectivity index (χ3n) is 2.23. The van der Waals surface area contributed by atoms with E-state index in [-0.39, 0.29) is 11.7 Å². The molecule has 1 heterocycles. The maximum Gasteiger partial charge on any atom is 0.362 e. The summed E-state index contributed by atoms with van der Waals surface area (Å²) in [6, 6.07) is 9.64. The van der Waals surface area contributed by atoms with E-state index in [1.165, 1.54) is 18.0 Å². The van der Waals surface area contributed by atoms with Gasteiger partial charge in [-0.3, -0.25) is 4.79 Å². The quantitative estimate of drug-likeness (QED) is 0.780. The zero-order valence-electron chi connectivity index (χ0n) is 10.00. The lowest BCUT2D eigenvalue weighted by atomic mass is 10.2. The molecule has 0 radical (unpaired) electrons. The minimum absolute atomic E-state index is 0.115. The average Bonchev–Trinajstić information content (AvgIpc) is 2.44. The van der Waals surface area contributed by atoms with Crippen molar-refractivity contribution in [2.24, 2.45) is 0 Å². The van der Waals surface area contributed by atoms with Gasteiger partial charge in [0.15, 0.2) is 0 Å². The molecule has 0 aliphatic heterocycles. The molecule has 1 amide bonds. The van der Waals surface area contributed by atoms with Crippen LogP contribution in [0.3, 0.4) is 0 Å². The highest BCUT2D eigenvalue weighted by Crippen LogP contribution is 2.10. The predicted molar refractivity (Wildman–Crippen MR) is 71.7 cm³/mol. The van der Waals surface area contributed by atoms with Crippen LogP contribution in [0, 0.1) is 0 Å². The summed E-state index contributed by atoms with van der Waals surface area (Å²) >= 11 is 1.17. The Labute approximate surface area is 113 Å². The molecule has 0 unspecified atom stereocenters. The molecular formula is C12H12N4O2S. The molecule has 2 rings (SSSR count). The van der Waals surface area contributed by atoms with Gasteiger partial charge in [0.1, 0.15) is 5.03 Å². The van der Waals surface area contributed by atoms with Crippen molar-refractivity contribution in [2.45, 2.75) is 11.6 Å². The zero-order chi connectivity index (χ0) is 13.5. The van der Waals surface area contributed by atoms with Crippen molar-refractivity contribution in [3.8, 4) is 0 Å². The van der Waals surface area contributed by atoms with E-state index in [1.807, 2.05) is 30.3 Å². The van der Waals surface area contributed by atoms with Crippen molar-refractivity contribution in [2.75, 3.05) is 5.75 Å². The summed E-state index contributed by atoms with van der Waals surface area (Å²) in [6.45, 7) is 0.487. The Bertz CT molecular complexity index is 600. The van der Waals surface area contributed by atoms with Crippen molar-refractivity contribution in [3.63, 3.8) is 0 Å². The third-order valence-corrected chi connectivity index (χ3v) is 3.13. The number of H-pyrrole nitrogens is 1. The summed E-state index contributed by atoms with van der Waals surface area (Å²) in [5, 5.41) is 9.00. The summed E-state index contributed by atoms with van der Waals surface area (Å²) in [4.78, 5) is 26.2. The molecule has 19 heavy (non-hydrogen) atoms. The smallest absolute Gasteiger partial charge is 0.351 e. The highest BCUT2D eigenvalue weighted by atomic mass is 32.2. The molecule has 7 heteroatoms. The molecule has 0 saturated heterocycles. The monoisotopic (exact) mass is 276 g/mol. The lowest BCUT2D eigenvalue weighted by molar-refractivity contribution is -0.118. The number of aromatic nitrogens is 3. The fourth-order valence-corrected chi connectivity index (χ4v) is 2.01. The highest BCUT2D eigenvalue weighted by Gasteiger charge is 2.04. The van der Waals surface area contributed by atoms with Crippen LogP contribution in [0.15, 0.2) is 46.3 Å². The Morgan fingerprint density at radius 1 is 1.32 bits per heavy atom. The highest BCUT2D eigenvalue weighted by molar-refractivity contribution is 7.99. The topological polar surface area (TPSA) is 87.7 Å². The predicted octanol–water partition coefficient (Wildman–Crippen LogP) is 0.573. The van der Waals surface area contributed by atoms with E-state index in [1.54, 1.807) is 0 Å². The molecule has 2 aromatic rings. The van der Waals surface area contributed by atoms with Gasteiger partial charge in [0, 0.05) is 6.54 Å². The minimum atomic E-state index is -0.519. The van der Waals surface area contributed by atoms with E-state index < -0.39 is 5.69 Å². The van der Waals surface area contributed by atoms with Crippen molar-refractivity contribution < 1.29 is 4.79 Å². The van der Waals surface area contributed by atoms with Gasteiger partial charge in [-0.25, -0.2) is 9.89 Å². The zero-order valence-corrected chi connectivity index (χ0v) is 10.8. The van der Waals surface area contributed by atoms with Crippen LogP contribution in [0.2, 0.25) is 0 Å². The molecule has 0 aliphatic carbocycles. The van der Waals surface area contributed by atoms with Crippen LogP contribution in [0.25, 0.3) is 0 Å². The summed E-state index contributed by atoms with van der Waals surface area (Å²) in [7, 11) is 0. The number of aromatic amines is 1. The molecule has 0 aliphatic rings. The number of nitrogens with one attached hydrogen (secondary N) is 2. The normalized spacial score (nSPS) is 10.1. The number of nitrogens with zero attached hydrogens (tertiary/aromatic N) is 2. The first kappa shape index (κ1) is 13.3. The summed E-state index contributed by atoms with van der Waals surface area (Å²) in [5.41, 5.74) is 0.520. The molecule has 1 aromatic heterocycles. The summed E-state index contributed by atoms with van der Waals surface area (Å²) < 4.78 is 0. The fourth-order valence-electron chi connectivity index (χ4n) is 1.35. The molecule has 2 N–H and O–H groups in total. The van der Waals surface area contributed by atoms with E-state index >= 15 is 0 Å². The minimum Gasteiger partial charge on any atom is -0.351 e. The standard InChI is InChI=1S/C12H12N4O2S/c17-10(13-6-9-4-2-1-3-5-9)8-19-11-7-14-16-12(18)15-11/h1-5,7H,6,8H2,(H,13,17)(H,15,16,18). The van der Waals surface area contributed by atoms with Crippen LogP contribution in [0.4, 0.5) is 0 Å². The number of rotatable bonds is 5. The molecule has 0 spiro atoms. The molecule has 1 aromatic carbocycles. The molecule has 0 saturated carbocycles. The van der Waals surface area contributed by atoms with E-state index in [2.05, 4.69) is 20.5 Å². The Hall–Kier alpha value is -2.15. The van der Waals surface area contributed by atoms with Crippen molar-refractivity contribution in [3.05, 3.63) is 52.6 Å². The molecular weight excluding hydrogens is 264 g/mol. The lowest BCUT2D eigenvalue weighted by Gasteiger charge is -2.04. The maximum absolute atomic E-state index is 11.6. The van der Waals surface area contributed by atoms with Crippen LogP contribution < -0.4 is 11.0 Å². The van der Waals surface area contributed by atoms with Gasteiger partial charge in [-0.1, -0.05) is 42.1 Å². The first-order valence-electron chi connectivity index (χ1n) is 5.59. The number of amides is 1. The van der Waals surface area contributed by atoms with Crippen molar-refractivity contribution >= 4 is 17.7 Å². The van der Waals surface area contributed by atoms with Gasteiger partial charge in [0.25, 0.3) is 0 Å². The number of carbonyl (C=O) groups is 1. The summed E-state index contributed by atoms with van der Waals surface area (Å²) in [5.74, 6) is 0.0845. The van der Waals surface area contributed by atoms with E-state index in [9.17, 15) is 9.59 Å². The second-order valence-corrected chi connectivity index (χ2v) is 4.67. The number of hydrogen-bond acceptors (Lipinski definition) is 5. The molecule has 0 bridgehead atoms. The van der Waals surface area contributed by atoms with Gasteiger partial charge < -0.3 is 5.32 Å². The summed E-state index contributed by atoms with van der Waals surface area (Å²) in [6.07, 6.45) is 1.41. The van der Waals surface area contributed by atoms with Gasteiger partial charge in [-0.15, -0.1) is 0 Å². The van der Waals surface area contributed by atoms with Gasteiger partial charge in [0.2, 0.25) is 5.91 Å². The van der Waals surface area contributed by atoms with Gasteiger partial charge in [-0.2, -0.15) is 10.1 Å². The Morgan fingerprint density at radius 3 is 2.84 bits per heavy atom.